The zero-order valence-corrected chi connectivity index (χ0v) is 7.38. The molecule has 0 bridgehead atoms. The molecule has 2 fully saturated rings. The summed E-state index contributed by atoms with van der Waals surface area (Å²) in [5.41, 5.74) is 5.68. The number of hydrogen-bond acceptors (Lipinski definition) is 2. The van der Waals surface area contributed by atoms with Crippen molar-refractivity contribution in [3.63, 3.8) is 0 Å². The Kier molecular flexibility index (Phi) is 2.10. The summed E-state index contributed by atoms with van der Waals surface area (Å²) in [5, 5.41) is 14.2. The molecule has 3 nitrogen and oxygen atoms in total. The zero-order chi connectivity index (χ0) is 8.60. The van der Waals surface area contributed by atoms with Crippen molar-refractivity contribution in [3.8, 4) is 0 Å². The lowest BCUT2D eigenvalue weighted by atomic mass is 10.1. The maximum absolute atomic E-state index is 10.6. The van der Waals surface area contributed by atoms with Crippen LogP contribution < -0.4 is 11.1 Å². The Morgan fingerprint density at radius 3 is 2.75 bits per heavy atom. The van der Waals surface area contributed by atoms with Crippen LogP contribution in [0.2, 0.25) is 0 Å². The van der Waals surface area contributed by atoms with Crippen molar-refractivity contribution < 1.29 is 5.11 Å². The summed E-state index contributed by atoms with van der Waals surface area (Å²) >= 11 is 0. The molecule has 2 aliphatic rings. The van der Waals surface area contributed by atoms with E-state index in [4.69, 9.17) is 5.73 Å². The van der Waals surface area contributed by atoms with Crippen molar-refractivity contribution in [1.29, 1.82) is 0 Å². The fraction of sp³-hybridized carbons (Fsp3) is 1.00. The monoisotopic (exact) mass is 169 g/mol. The molecule has 2 unspecified atom stereocenters. The quantitative estimate of drug-likeness (QED) is 0.613. The second-order valence-electron chi connectivity index (χ2n) is 4.28. The van der Waals surface area contributed by atoms with Crippen molar-refractivity contribution in [2.75, 3.05) is 0 Å². The Balaban J connectivity index is 1.70. The van der Waals surface area contributed by atoms with Crippen molar-refractivity contribution >= 4 is 0 Å². The minimum absolute atomic E-state index is 0.512. The zero-order valence-electron chi connectivity index (χ0n) is 7.38. The summed E-state index contributed by atoms with van der Waals surface area (Å²) < 4.78 is 0. The molecule has 1 spiro atoms. The van der Waals surface area contributed by atoms with Gasteiger partial charge in [-0.25, -0.2) is 5.11 Å². The SMILES string of the molecule is NC([O])CCC1CCC2(CC2)N1. The van der Waals surface area contributed by atoms with Gasteiger partial charge in [-0.2, -0.15) is 0 Å². The largest absolute Gasteiger partial charge is 0.308 e. The summed E-state index contributed by atoms with van der Waals surface area (Å²) in [7, 11) is 0. The Hall–Kier alpha value is -0.120. The van der Waals surface area contributed by atoms with Gasteiger partial charge >= 0.3 is 0 Å². The van der Waals surface area contributed by atoms with Gasteiger partial charge in [0.25, 0.3) is 0 Å². The fourth-order valence-corrected chi connectivity index (χ4v) is 2.16. The predicted molar refractivity (Wildman–Crippen MR) is 46.0 cm³/mol. The van der Waals surface area contributed by atoms with Gasteiger partial charge in [0.2, 0.25) is 0 Å². The van der Waals surface area contributed by atoms with E-state index in [9.17, 15) is 5.11 Å². The molecule has 1 saturated heterocycles. The summed E-state index contributed by atoms with van der Waals surface area (Å²) in [6.07, 6.45) is 5.95. The number of nitrogens with one attached hydrogen (secondary N) is 1. The molecule has 69 valence electrons. The summed E-state index contributed by atoms with van der Waals surface area (Å²) in [5.74, 6) is 0. The first-order valence-electron chi connectivity index (χ1n) is 4.89. The molecular formula is C9H17N2O. The second kappa shape index (κ2) is 2.98. The first-order chi connectivity index (χ1) is 5.70. The van der Waals surface area contributed by atoms with Crippen LogP contribution in [-0.2, 0) is 5.11 Å². The van der Waals surface area contributed by atoms with Gasteiger partial charge in [0.15, 0.2) is 0 Å². The van der Waals surface area contributed by atoms with Gasteiger partial charge in [0.1, 0.15) is 6.23 Å². The van der Waals surface area contributed by atoms with Crippen LogP contribution in [0.25, 0.3) is 0 Å². The number of nitrogens with two attached hydrogens (primary N) is 1. The highest BCUT2D eigenvalue weighted by Crippen LogP contribution is 2.45. The lowest BCUT2D eigenvalue weighted by Gasteiger charge is -2.12. The minimum Gasteiger partial charge on any atom is -0.308 e. The average Bonchev–Trinajstić information content (AvgIpc) is 2.60. The highest BCUT2D eigenvalue weighted by molar-refractivity contribution is 5.08. The van der Waals surface area contributed by atoms with E-state index in [1.807, 2.05) is 0 Å². The Morgan fingerprint density at radius 1 is 1.50 bits per heavy atom. The first-order valence-corrected chi connectivity index (χ1v) is 4.89. The van der Waals surface area contributed by atoms with Crippen LogP contribution in [0.1, 0.15) is 38.5 Å². The molecule has 1 heterocycles. The Bertz CT molecular complexity index is 166. The van der Waals surface area contributed by atoms with E-state index in [0.717, 1.165) is 6.42 Å². The summed E-state index contributed by atoms with van der Waals surface area (Å²) in [4.78, 5) is 0. The van der Waals surface area contributed by atoms with Crippen LogP contribution in [0, 0.1) is 0 Å². The first kappa shape index (κ1) is 8.48. The third kappa shape index (κ3) is 1.79. The molecule has 0 aromatic carbocycles. The molecule has 1 aliphatic carbocycles. The minimum atomic E-state index is -0.873. The predicted octanol–water partition coefficient (Wildman–Crippen LogP) is 0.766. The lowest BCUT2D eigenvalue weighted by molar-refractivity contribution is 0.0827. The molecule has 2 atom stereocenters. The molecule has 1 saturated carbocycles. The third-order valence-corrected chi connectivity index (χ3v) is 3.13. The van der Waals surface area contributed by atoms with Crippen molar-refractivity contribution in [2.45, 2.75) is 56.3 Å². The van der Waals surface area contributed by atoms with Crippen molar-refractivity contribution in [3.05, 3.63) is 0 Å². The molecule has 2 rings (SSSR count). The molecule has 0 aromatic rings. The van der Waals surface area contributed by atoms with Crippen LogP contribution >= 0.6 is 0 Å². The normalized spacial score (nSPS) is 34.0. The average molecular weight is 169 g/mol. The van der Waals surface area contributed by atoms with Gasteiger partial charge in [0.05, 0.1) is 0 Å². The summed E-state index contributed by atoms with van der Waals surface area (Å²) in [6.45, 7) is 0. The lowest BCUT2D eigenvalue weighted by Crippen LogP contribution is -2.32. The Labute approximate surface area is 73.3 Å². The highest BCUT2D eigenvalue weighted by Gasteiger charge is 2.47. The van der Waals surface area contributed by atoms with Crippen LogP contribution in [0.4, 0.5) is 0 Å². The van der Waals surface area contributed by atoms with E-state index in [1.165, 1.54) is 25.7 Å². The van der Waals surface area contributed by atoms with Gasteiger partial charge < -0.3 is 11.1 Å². The smallest absolute Gasteiger partial charge is 0.141 e. The van der Waals surface area contributed by atoms with Gasteiger partial charge in [-0.3, -0.25) is 0 Å². The van der Waals surface area contributed by atoms with E-state index in [0.29, 0.717) is 18.0 Å². The maximum Gasteiger partial charge on any atom is 0.141 e. The standard InChI is InChI=1S/C9H17N2O/c10-8(12)2-1-7-3-4-9(11-7)5-6-9/h7-8,11H,1-6,10H2. The molecular weight excluding hydrogens is 152 g/mol. The molecule has 1 radical (unpaired) electrons. The number of hydrogen-bond donors (Lipinski definition) is 2. The van der Waals surface area contributed by atoms with E-state index >= 15 is 0 Å². The second-order valence-corrected chi connectivity index (χ2v) is 4.28. The van der Waals surface area contributed by atoms with Gasteiger partial charge in [-0.15, -0.1) is 0 Å². The van der Waals surface area contributed by atoms with Crippen molar-refractivity contribution in [1.82, 2.24) is 5.32 Å². The van der Waals surface area contributed by atoms with Crippen LogP contribution in [-0.4, -0.2) is 17.8 Å². The molecule has 3 N–H and O–H groups in total. The highest BCUT2D eigenvalue weighted by atomic mass is 16.3. The van der Waals surface area contributed by atoms with Gasteiger partial charge in [-0.1, -0.05) is 0 Å². The van der Waals surface area contributed by atoms with Crippen LogP contribution in [0.15, 0.2) is 0 Å². The molecule has 3 heteroatoms. The van der Waals surface area contributed by atoms with E-state index < -0.39 is 6.23 Å². The van der Waals surface area contributed by atoms with Crippen LogP contribution in [0.3, 0.4) is 0 Å². The molecule has 0 aromatic heterocycles. The number of rotatable bonds is 3. The summed E-state index contributed by atoms with van der Waals surface area (Å²) in [6, 6.07) is 0.576. The molecule has 0 amide bonds. The van der Waals surface area contributed by atoms with Crippen LogP contribution in [0.5, 0.6) is 0 Å². The molecule has 12 heavy (non-hydrogen) atoms. The Morgan fingerprint density at radius 2 is 2.25 bits per heavy atom. The van der Waals surface area contributed by atoms with E-state index in [1.54, 1.807) is 0 Å². The van der Waals surface area contributed by atoms with Crippen molar-refractivity contribution in [2.24, 2.45) is 5.73 Å². The fourth-order valence-electron chi connectivity index (χ4n) is 2.16. The van der Waals surface area contributed by atoms with E-state index in [2.05, 4.69) is 5.32 Å². The van der Waals surface area contributed by atoms with E-state index in [-0.39, 0.29) is 0 Å². The third-order valence-electron chi connectivity index (χ3n) is 3.13. The van der Waals surface area contributed by atoms with Gasteiger partial charge in [0, 0.05) is 11.6 Å². The topological polar surface area (TPSA) is 58.0 Å². The maximum atomic E-state index is 10.6. The van der Waals surface area contributed by atoms with Gasteiger partial charge in [-0.05, 0) is 38.5 Å². The molecule has 1 aliphatic heterocycles.